The van der Waals surface area contributed by atoms with E-state index in [1.807, 2.05) is 30.3 Å². The van der Waals surface area contributed by atoms with E-state index in [0.29, 0.717) is 26.1 Å². The van der Waals surface area contributed by atoms with Gasteiger partial charge in [-0.15, -0.1) is 0 Å². The molecule has 2 unspecified atom stereocenters. The zero-order valence-electron chi connectivity index (χ0n) is 21.6. The van der Waals surface area contributed by atoms with Gasteiger partial charge in [0.1, 0.15) is 11.8 Å². The van der Waals surface area contributed by atoms with Crippen molar-refractivity contribution >= 4 is 31.1 Å². The van der Waals surface area contributed by atoms with Crippen molar-refractivity contribution < 1.29 is 36.7 Å². The van der Waals surface area contributed by atoms with E-state index in [9.17, 15) is 14.2 Å². The van der Waals surface area contributed by atoms with Gasteiger partial charge in [-0.05, 0) is 18.4 Å². The van der Waals surface area contributed by atoms with Crippen LogP contribution in [-0.2, 0) is 29.6 Å². The Morgan fingerprint density at radius 2 is 1.77 bits per heavy atom. The maximum atomic E-state index is 15.5. The quantitative estimate of drug-likeness (QED) is 0.509. The first-order valence-electron chi connectivity index (χ1n) is 12.9. The van der Waals surface area contributed by atoms with E-state index in [4.69, 9.17) is 13.8 Å². The van der Waals surface area contributed by atoms with Gasteiger partial charge in [0.2, 0.25) is 5.91 Å². The lowest BCUT2D eigenvalue weighted by atomic mass is 10.0. The average molecular weight is 565 g/mol. The van der Waals surface area contributed by atoms with Crippen molar-refractivity contribution in [2.45, 2.75) is 31.9 Å². The number of cyclic esters (lactones) is 1. The number of amides is 2. The van der Waals surface area contributed by atoms with Gasteiger partial charge in [-0.1, -0.05) is 30.3 Å². The van der Waals surface area contributed by atoms with Gasteiger partial charge in [0.25, 0.3) is 0 Å². The van der Waals surface area contributed by atoms with E-state index in [1.54, 1.807) is 9.57 Å². The van der Waals surface area contributed by atoms with Gasteiger partial charge >= 0.3 is 13.8 Å². The maximum absolute atomic E-state index is 15.5. The minimum atomic E-state index is -3.54. The highest BCUT2D eigenvalue weighted by Gasteiger charge is 2.44. The summed E-state index contributed by atoms with van der Waals surface area (Å²) in [6, 6.07) is 11.4. The van der Waals surface area contributed by atoms with Crippen LogP contribution >= 0.6 is 7.75 Å². The molecule has 3 saturated heterocycles. The molecule has 39 heavy (non-hydrogen) atoms. The van der Waals surface area contributed by atoms with E-state index >= 15 is 8.78 Å². The van der Waals surface area contributed by atoms with Crippen LogP contribution in [0, 0.1) is 11.6 Å². The molecule has 0 bridgehead atoms. The number of nitrogens with zero attached hydrogens (tertiary/aromatic N) is 3. The Labute approximate surface area is 225 Å². The maximum Gasteiger partial charge on any atom is 0.414 e. The Kier molecular flexibility index (Phi) is 8.18. The van der Waals surface area contributed by atoms with Gasteiger partial charge in [0.05, 0.1) is 32.0 Å². The van der Waals surface area contributed by atoms with Crippen LogP contribution in [0.15, 0.2) is 42.5 Å². The van der Waals surface area contributed by atoms with Crippen molar-refractivity contribution in [2.75, 3.05) is 55.7 Å². The second kappa shape index (κ2) is 11.6. The van der Waals surface area contributed by atoms with Gasteiger partial charge in [0, 0.05) is 44.7 Å². The highest BCUT2D eigenvalue weighted by atomic mass is 31.2. The number of nitrogens with one attached hydrogen (secondary N) is 1. The minimum Gasteiger partial charge on any atom is -0.442 e. The molecular weight excluding hydrogens is 533 g/mol. The van der Waals surface area contributed by atoms with Crippen LogP contribution in [0.1, 0.15) is 18.9 Å². The van der Waals surface area contributed by atoms with Gasteiger partial charge in [-0.3, -0.25) is 18.7 Å². The number of benzene rings is 2. The van der Waals surface area contributed by atoms with E-state index in [0.717, 1.165) is 22.6 Å². The standard InChI is InChI=1S/C26H31F2N4O6P/c1-18(33)29-15-22-17-31(26(34)38-22)20-13-23(27)25(24(28)14-20)30-8-9-32(39(35)36-10-5-11-37-39)21(16-30)12-19-6-3-2-4-7-19/h2-4,6-7,13-14,21-22H,5,8-12,15-17H2,1H3,(H,29,33). The molecule has 2 aromatic rings. The summed E-state index contributed by atoms with van der Waals surface area (Å²) in [5, 5.41) is 2.57. The van der Waals surface area contributed by atoms with E-state index in [1.165, 1.54) is 6.92 Å². The zero-order valence-corrected chi connectivity index (χ0v) is 22.4. The SMILES string of the molecule is CC(=O)NCC1CN(c2cc(F)c(N3CCN(P4(=O)OCCCO4)C(Cc4ccccc4)C3)c(F)c2)C(=O)O1. The van der Waals surface area contributed by atoms with Gasteiger partial charge in [-0.2, -0.15) is 0 Å². The fourth-order valence-corrected chi connectivity index (χ4v) is 7.12. The fraction of sp³-hybridized carbons (Fsp3) is 0.462. The monoisotopic (exact) mass is 564 g/mol. The molecule has 0 saturated carbocycles. The van der Waals surface area contributed by atoms with Crippen molar-refractivity contribution in [3.63, 3.8) is 0 Å². The van der Waals surface area contributed by atoms with Crippen LogP contribution in [0.2, 0.25) is 0 Å². The molecule has 10 nitrogen and oxygen atoms in total. The van der Waals surface area contributed by atoms with Crippen LogP contribution in [0.5, 0.6) is 0 Å². The number of halogens is 2. The number of hydrogen-bond donors (Lipinski definition) is 1. The Balaban J connectivity index is 1.36. The molecule has 1 N–H and O–H groups in total. The molecule has 5 rings (SSSR count). The molecule has 13 heteroatoms. The third-order valence-electron chi connectivity index (χ3n) is 6.96. The van der Waals surface area contributed by atoms with E-state index in [2.05, 4.69) is 5.32 Å². The fourth-order valence-electron chi connectivity index (χ4n) is 5.14. The van der Waals surface area contributed by atoms with Crippen LogP contribution in [0.4, 0.5) is 25.0 Å². The lowest BCUT2D eigenvalue weighted by Gasteiger charge is -2.45. The van der Waals surface area contributed by atoms with Crippen LogP contribution in [-0.4, -0.2) is 74.8 Å². The molecule has 0 spiro atoms. The summed E-state index contributed by atoms with van der Waals surface area (Å²) in [5.41, 5.74) is 0.787. The second-order valence-electron chi connectivity index (χ2n) is 9.75. The number of carbonyl (C=O) groups excluding carboxylic acids is 2. The topological polar surface area (TPSA) is 101 Å². The first kappa shape index (κ1) is 27.5. The molecule has 3 aliphatic heterocycles. The third-order valence-corrected chi connectivity index (χ3v) is 9.13. The van der Waals surface area contributed by atoms with Crippen LogP contribution in [0.3, 0.4) is 0 Å². The number of hydrogen-bond acceptors (Lipinski definition) is 7. The molecule has 210 valence electrons. The van der Waals surface area contributed by atoms with Crippen LogP contribution in [0.25, 0.3) is 0 Å². The van der Waals surface area contributed by atoms with Gasteiger partial charge in [0.15, 0.2) is 11.6 Å². The largest absolute Gasteiger partial charge is 0.442 e. The number of carbonyl (C=O) groups is 2. The van der Waals surface area contributed by atoms with E-state index in [-0.39, 0.29) is 50.0 Å². The Bertz CT molecular complexity index is 1240. The van der Waals surface area contributed by atoms with Crippen molar-refractivity contribution in [2.24, 2.45) is 0 Å². The smallest absolute Gasteiger partial charge is 0.414 e. The lowest BCUT2D eigenvalue weighted by molar-refractivity contribution is -0.119. The summed E-state index contributed by atoms with van der Waals surface area (Å²) in [7, 11) is -3.54. The molecule has 0 aromatic heterocycles. The summed E-state index contributed by atoms with van der Waals surface area (Å²) in [6.07, 6.45) is -0.254. The number of piperazine rings is 1. The highest BCUT2D eigenvalue weighted by Crippen LogP contribution is 2.56. The Hall–Kier alpha value is -3.05. The van der Waals surface area contributed by atoms with Crippen LogP contribution < -0.4 is 15.1 Å². The van der Waals surface area contributed by atoms with Gasteiger partial charge in [-0.25, -0.2) is 22.8 Å². The molecule has 3 aliphatic rings. The van der Waals surface area contributed by atoms with Crippen molar-refractivity contribution in [1.29, 1.82) is 0 Å². The molecule has 0 radical (unpaired) electrons. The first-order valence-corrected chi connectivity index (χ1v) is 14.4. The molecule has 3 heterocycles. The molecule has 2 amide bonds. The molecular formula is C26H31F2N4O6P. The predicted molar refractivity (Wildman–Crippen MR) is 140 cm³/mol. The predicted octanol–water partition coefficient (Wildman–Crippen LogP) is 3.70. The Morgan fingerprint density at radius 3 is 2.44 bits per heavy atom. The first-order chi connectivity index (χ1) is 18.7. The summed E-state index contributed by atoms with van der Waals surface area (Å²) >= 11 is 0. The average Bonchev–Trinajstić information content (AvgIpc) is 3.28. The summed E-state index contributed by atoms with van der Waals surface area (Å²) in [4.78, 5) is 26.2. The summed E-state index contributed by atoms with van der Waals surface area (Å²) < 4.78 is 62.6. The minimum absolute atomic E-state index is 0.0250. The lowest BCUT2D eigenvalue weighted by Crippen LogP contribution is -2.53. The molecule has 2 atom stereocenters. The van der Waals surface area contributed by atoms with Gasteiger partial charge < -0.3 is 15.0 Å². The summed E-state index contributed by atoms with van der Waals surface area (Å²) in [5.74, 6) is -1.93. The number of anilines is 2. The van der Waals surface area contributed by atoms with Crippen molar-refractivity contribution in [3.8, 4) is 0 Å². The van der Waals surface area contributed by atoms with E-state index < -0.39 is 37.6 Å². The molecule has 0 aliphatic carbocycles. The molecule has 3 fully saturated rings. The van der Waals surface area contributed by atoms with Crippen molar-refractivity contribution in [1.82, 2.24) is 9.99 Å². The third kappa shape index (κ3) is 6.09. The Morgan fingerprint density at radius 1 is 1.08 bits per heavy atom. The normalized spacial score (nSPS) is 23.5. The summed E-state index contributed by atoms with van der Waals surface area (Å²) in [6.45, 7) is 2.74. The number of ether oxygens (including phenoxy) is 1. The zero-order chi connectivity index (χ0) is 27.6. The number of rotatable bonds is 7. The molecule has 2 aromatic carbocycles. The van der Waals surface area contributed by atoms with Crippen molar-refractivity contribution in [3.05, 3.63) is 59.7 Å². The highest BCUT2D eigenvalue weighted by molar-refractivity contribution is 7.51. The second-order valence-corrected chi connectivity index (χ2v) is 11.7.